The summed E-state index contributed by atoms with van der Waals surface area (Å²) in [6, 6.07) is 0. The molecule has 0 aromatic heterocycles. The van der Waals surface area contributed by atoms with Crippen LogP contribution in [0.15, 0.2) is 5.10 Å². The minimum Gasteiger partial charge on any atom is -0.385 e. The van der Waals surface area contributed by atoms with Crippen molar-refractivity contribution in [1.29, 1.82) is 0 Å². The second kappa shape index (κ2) is 1.51. The average Bonchev–Trinajstić information content (AvgIpc) is 2.61. The zero-order valence-electron chi connectivity index (χ0n) is 5.74. The van der Waals surface area contributed by atoms with E-state index in [0.29, 0.717) is 5.84 Å². The fourth-order valence-corrected chi connectivity index (χ4v) is 1.33. The van der Waals surface area contributed by atoms with Crippen molar-refractivity contribution in [3.8, 4) is 0 Å². The van der Waals surface area contributed by atoms with E-state index in [1.807, 2.05) is 0 Å². The Balaban J connectivity index is 2.30. The van der Waals surface area contributed by atoms with Gasteiger partial charge < -0.3 is 5.73 Å². The molecule has 2 N–H and O–H groups in total. The number of nitrogens with two attached hydrogens (primary N) is 1. The number of nitrogens with zero attached hydrogens (tertiary/aromatic N) is 2. The molecule has 1 saturated carbocycles. The molecular formula is C6H9N3O. The van der Waals surface area contributed by atoms with Gasteiger partial charge in [0.2, 0.25) is 5.91 Å². The molecule has 54 valence electrons. The van der Waals surface area contributed by atoms with Crippen LogP contribution >= 0.6 is 0 Å². The van der Waals surface area contributed by atoms with Crippen molar-refractivity contribution in [1.82, 2.24) is 5.01 Å². The first-order valence-corrected chi connectivity index (χ1v) is 3.31. The summed E-state index contributed by atoms with van der Waals surface area (Å²) in [6.45, 7) is 0. The van der Waals surface area contributed by atoms with Gasteiger partial charge in [-0.2, -0.15) is 5.10 Å². The first-order chi connectivity index (χ1) is 4.70. The maximum absolute atomic E-state index is 11.1. The quantitative estimate of drug-likeness (QED) is 0.485. The molecule has 0 radical (unpaired) electrons. The molecule has 0 saturated heterocycles. The van der Waals surface area contributed by atoms with Crippen LogP contribution in [-0.2, 0) is 4.79 Å². The Morgan fingerprint density at radius 2 is 2.40 bits per heavy atom. The zero-order valence-corrected chi connectivity index (χ0v) is 5.74. The molecule has 2 rings (SSSR count). The van der Waals surface area contributed by atoms with Gasteiger partial charge in [0.1, 0.15) is 5.84 Å². The minimum absolute atomic E-state index is 0.110. The van der Waals surface area contributed by atoms with Gasteiger partial charge in [-0.15, -0.1) is 0 Å². The van der Waals surface area contributed by atoms with Crippen LogP contribution in [0.25, 0.3) is 0 Å². The van der Waals surface area contributed by atoms with Crippen molar-refractivity contribution in [2.75, 3.05) is 7.05 Å². The standard InChI is InChI=1S/C6H9N3O/c1-9-6(10)4-2-3(4)5(7)8-9/h3-4H,2H2,1H3,(H2,7,8). The largest absolute Gasteiger partial charge is 0.385 e. The molecule has 1 heterocycles. The molecule has 1 aliphatic heterocycles. The number of amides is 1. The van der Waals surface area contributed by atoms with Crippen molar-refractivity contribution < 1.29 is 4.79 Å². The Labute approximate surface area is 58.7 Å². The Bertz CT molecular complexity index is 223. The number of fused-ring (bicyclic) bond motifs is 1. The van der Waals surface area contributed by atoms with Gasteiger partial charge in [-0.1, -0.05) is 0 Å². The average molecular weight is 139 g/mol. The summed E-state index contributed by atoms with van der Waals surface area (Å²) in [5, 5.41) is 5.20. The normalized spacial score (nSPS) is 37.1. The summed E-state index contributed by atoms with van der Waals surface area (Å²) >= 11 is 0. The van der Waals surface area contributed by atoms with Crippen molar-refractivity contribution in [2.45, 2.75) is 6.42 Å². The van der Waals surface area contributed by atoms with E-state index in [1.165, 1.54) is 5.01 Å². The lowest BCUT2D eigenvalue weighted by atomic mass is 10.2. The van der Waals surface area contributed by atoms with E-state index in [0.717, 1.165) is 6.42 Å². The number of hydrogen-bond acceptors (Lipinski definition) is 3. The molecule has 1 aliphatic carbocycles. The van der Waals surface area contributed by atoms with Gasteiger partial charge in [0.15, 0.2) is 0 Å². The Morgan fingerprint density at radius 3 is 3.10 bits per heavy atom. The van der Waals surface area contributed by atoms with Crippen LogP contribution in [0, 0.1) is 11.8 Å². The maximum Gasteiger partial charge on any atom is 0.246 e. The third-order valence-electron chi connectivity index (χ3n) is 2.07. The van der Waals surface area contributed by atoms with Crippen molar-refractivity contribution in [3.05, 3.63) is 0 Å². The molecule has 10 heavy (non-hydrogen) atoms. The van der Waals surface area contributed by atoms with Gasteiger partial charge in [-0.05, 0) is 6.42 Å². The highest BCUT2D eigenvalue weighted by Crippen LogP contribution is 2.42. The summed E-state index contributed by atoms with van der Waals surface area (Å²) in [5.41, 5.74) is 5.53. The van der Waals surface area contributed by atoms with Crippen LogP contribution in [0.3, 0.4) is 0 Å². The monoisotopic (exact) mass is 139 g/mol. The Morgan fingerprint density at radius 1 is 1.70 bits per heavy atom. The van der Waals surface area contributed by atoms with Crippen LogP contribution < -0.4 is 5.73 Å². The van der Waals surface area contributed by atoms with E-state index in [2.05, 4.69) is 5.10 Å². The van der Waals surface area contributed by atoms with E-state index in [9.17, 15) is 4.79 Å². The van der Waals surface area contributed by atoms with E-state index in [-0.39, 0.29) is 17.7 Å². The molecule has 2 aliphatic rings. The lowest BCUT2D eigenvalue weighted by Crippen LogP contribution is -2.33. The summed E-state index contributed by atoms with van der Waals surface area (Å²) in [6.07, 6.45) is 0.901. The smallest absolute Gasteiger partial charge is 0.246 e. The van der Waals surface area contributed by atoms with Crippen molar-refractivity contribution in [3.63, 3.8) is 0 Å². The first kappa shape index (κ1) is 5.70. The molecule has 0 aromatic rings. The predicted octanol–water partition coefficient (Wildman–Crippen LogP) is -0.633. The SMILES string of the molecule is CN1N=C(N)C2CC2C1=O. The summed E-state index contributed by atoms with van der Waals surface area (Å²) in [5.74, 6) is 1.15. The van der Waals surface area contributed by atoms with Crippen molar-refractivity contribution >= 4 is 11.7 Å². The number of hydrazone groups is 1. The van der Waals surface area contributed by atoms with Gasteiger partial charge in [-0.25, -0.2) is 5.01 Å². The maximum atomic E-state index is 11.1. The molecule has 2 atom stereocenters. The fourth-order valence-electron chi connectivity index (χ4n) is 1.33. The number of carbonyl (C=O) groups excluding carboxylic acids is 1. The lowest BCUT2D eigenvalue weighted by molar-refractivity contribution is -0.131. The highest BCUT2D eigenvalue weighted by Gasteiger charge is 2.49. The van der Waals surface area contributed by atoms with Crippen LogP contribution in [0.1, 0.15) is 6.42 Å². The second-order valence-electron chi connectivity index (χ2n) is 2.84. The Hall–Kier alpha value is -1.06. The third-order valence-corrected chi connectivity index (χ3v) is 2.07. The lowest BCUT2D eigenvalue weighted by Gasteiger charge is -2.15. The topological polar surface area (TPSA) is 58.7 Å². The van der Waals surface area contributed by atoms with Gasteiger partial charge in [0.05, 0.1) is 5.92 Å². The van der Waals surface area contributed by atoms with E-state index in [4.69, 9.17) is 5.73 Å². The molecule has 0 aromatic carbocycles. The molecule has 0 spiro atoms. The summed E-state index contributed by atoms with van der Waals surface area (Å²) in [7, 11) is 1.64. The third kappa shape index (κ3) is 0.558. The molecule has 1 fully saturated rings. The number of amidine groups is 1. The van der Waals surface area contributed by atoms with Crippen LogP contribution in [0.4, 0.5) is 0 Å². The van der Waals surface area contributed by atoms with E-state index >= 15 is 0 Å². The van der Waals surface area contributed by atoms with Crippen LogP contribution in [0.2, 0.25) is 0 Å². The molecule has 1 amide bonds. The minimum atomic E-state index is 0.110. The van der Waals surface area contributed by atoms with Gasteiger partial charge in [0.25, 0.3) is 0 Å². The molecular weight excluding hydrogens is 130 g/mol. The first-order valence-electron chi connectivity index (χ1n) is 3.31. The number of rotatable bonds is 0. The molecule has 4 nitrogen and oxygen atoms in total. The van der Waals surface area contributed by atoms with E-state index < -0.39 is 0 Å². The van der Waals surface area contributed by atoms with Crippen LogP contribution in [-0.4, -0.2) is 23.8 Å². The van der Waals surface area contributed by atoms with E-state index in [1.54, 1.807) is 7.05 Å². The second-order valence-corrected chi connectivity index (χ2v) is 2.84. The zero-order chi connectivity index (χ0) is 7.30. The number of carbonyl (C=O) groups is 1. The van der Waals surface area contributed by atoms with Gasteiger partial charge in [0, 0.05) is 13.0 Å². The Kier molecular flexibility index (Phi) is 0.859. The van der Waals surface area contributed by atoms with Crippen molar-refractivity contribution in [2.24, 2.45) is 22.7 Å². The molecule has 4 heteroatoms. The van der Waals surface area contributed by atoms with Gasteiger partial charge in [-0.3, -0.25) is 4.79 Å². The number of hydrogen-bond donors (Lipinski definition) is 1. The predicted molar refractivity (Wildman–Crippen MR) is 36.0 cm³/mol. The summed E-state index contributed by atoms with van der Waals surface area (Å²) < 4.78 is 0. The van der Waals surface area contributed by atoms with Gasteiger partial charge >= 0.3 is 0 Å². The molecule has 0 bridgehead atoms. The summed E-state index contributed by atoms with van der Waals surface area (Å²) in [4.78, 5) is 11.1. The molecule has 2 unspecified atom stereocenters. The fraction of sp³-hybridized carbons (Fsp3) is 0.667. The highest BCUT2D eigenvalue weighted by molar-refractivity contribution is 5.97. The van der Waals surface area contributed by atoms with Crippen LogP contribution in [0.5, 0.6) is 0 Å². The highest BCUT2D eigenvalue weighted by atomic mass is 16.2.